The molecule has 0 aliphatic heterocycles. The number of nitro groups is 1. The Morgan fingerprint density at radius 2 is 1.41 bits per heavy atom. The summed E-state index contributed by atoms with van der Waals surface area (Å²) in [4.78, 5) is 8.88. The van der Waals surface area contributed by atoms with Crippen molar-refractivity contribution < 1.29 is 26.7 Å². The Kier molecular flexibility index (Phi) is 5.04. The van der Waals surface area contributed by atoms with Crippen molar-refractivity contribution in [3.63, 3.8) is 0 Å². The van der Waals surface area contributed by atoms with Gasteiger partial charge in [-0.2, -0.15) is 8.42 Å². The molecule has 0 unspecified atom stereocenters. The summed E-state index contributed by atoms with van der Waals surface area (Å²) in [5, 5.41) is 11.0. The standard InChI is InChI=1S/C18H12FNO6S/c19-16-7-4-8-17(20(21)22)18(16)27(23,24)26-15-11-9-14(10-12-15)25-13-5-2-1-3-6-13/h1-12H. The number of ether oxygens (including phenoxy) is 1. The third kappa shape index (κ3) is 4.21. The fourth-order valence-corrected chi connectivity index (χ4v) is 3.40. The third-order valence-electron chi connectivity index (χ3n) is 3.40. The molecule has 0 radical (unpaired) electrons. The maximum Gasteiger partial charge on any atom is 0.349 e. The Hall–Kier alpha value is -3.46. The minimum absolute atomic E-state index is 0.145. The topological polar surface area (TPSA) is 95.7 Å². The van der Waals surface area contributed by atoms with Gasteiger partial charge in [-0.05, 0) is 42.5 Å². The minimum Gasteiger partial charge on any atom is -0.457 e. The molecule has 0 aliphatic rings. The van der Waals surface area contributed by atoms with E-state index in [4.69, 9.17) is 8.92 Å². The molecule has 0 aromatic heterocycles. The van der Waals surface area contributed by atoms with Gasteiger partial charge in [0.15, 0.2) is 5.82 Å². The van der Waals surface area contributed by atoms with Crippen LogP contribution in [0.5, 0.6) is 17.2 Å². The van der Waals surface area contributed by atoms with Gasteiger partial charge in [0, 0.05) is 6.07 Å². The number of halogens is 1. The Morgan fingerprint density at radius 3 is 2.04 bits per heavy atom. The maximum absolute atomic E-state index is 13.9. The number of hydrogen-bond donors (Lipinski definition) is 0. The second-order valence-electron chi connectivity index (χ2n) is 5.27. The van der Waals surface area contributed by atoms with Crippen molar-refractivity contribution in [2.24, 2.45) is 0 Å². The molecule has 3 aromatic rings. The monoisotopic (exact) mass is 389 g/mol. The average molecular weight is 389 g/mol. The van der Waals surface area contributed by atoms with Gasteiger partial charge < -0.3 is 8.92 Å². The summed E-state index contributed by atoms with van der Waals surface area (Å²) in [5.74, 6) is -0.412. The molecular formula is C18H12FNO6S. The largest absolute Gasteiger partial charge is 0.457 e. The minimum atomic E-state index is -4.75. The molecule has 0 heterocycles. The van der Waals surface area contributed by atoms with Crippen LogP contribution in [0.4, 0.5) is 10.1 Å². The quantitative estimate of drug-likeness (QED) is 0.354. The maximum atomic E-state index is 13.9. The van der Waals surface area contributed by atoms with Gasteiger partial charge >= 0.3 is 10.1 Å². The van der Waals surface area contributed by atoms with Crippen molar-refractivity contribution in [2.45, 2.75) is 4.90 Å². The molecule has 0 atom stereocenters. The first-order valence-corrected chi connectivity index (χ1v) is 8.98. The highest BCUT2D eigenvalue weighted by Gasteiger charge is 2.31. The molecular weight excluding hydrogens is 377 g/mol. The molecule has 3 aromatic carbocycles. The van der Waals surface area contributed by atoms with Crippen molar-refractivity contribution in [3.05, 3.63) is 88.7 Å². The Labute approximate surface area is 153 Å². The van der Waals surface area contributed by atoms with Gasteiger partial charge in [0.25, 0.3) is 5.69 Å². The molecule has 0 N–H and O–H groups in total. The fraction of sp³-hybridized carbons (Fsp3) is 0. The second-order valence-corrected chi connectivity index (χ2v) is 6.75. The predicted molar refractivity (Wildman–Crippen MR) is 93.8 cm³/mol. The highest BCUT2D eigenvalue weighted by Crippen LogP contribution is 2.30. The summed E-state index contributed by atoms with van der Waals surface area (Å²) in [7, 11) is -4.75. The van der Waals surface area contributed by atoms with E-state index in [1.807, 2.05) is 6.07 Å². The van der Waals surface area contributed by atoms with Crippen LogP contribution in [-0.2, 0) is 10.1 Å². The summed E-state index contributed by atoms with van der Waals surface area (Å²) in [5.41, 5.74) is -0.904. The van der Waals surface area contributed by atoms with Gasteiger partial charge in [0.1, 0.15) is 17.2 Å². The molecule has 0 saturated carbocycles. The molecule has 0 fully saturated rings. The van der Waals surface area contributed by atoms with Gasteiger partial charge in [0.2, 0.25) is 4.90 Å². The van der Waals surface area contributed by atoms with Crippen LogP contribution >= 0.6 is 0 Å². The van der Waals surface area contributed by atoms with Crippen LogP contribution in [0.25, 0.3) is 0 Å². The van der Waals surface area contributed by atoms with E-state index in [0.29, 0.717) is 11.5 Å². The number of para-hydroxylation sites is 1. The van der Waals surface area contributed by atoms with Crippen LogP contribution in [0.2, 0.25) is 0 Å². The first-order chi connectivity index (χ1) is 12.9. The zero-order valence-corrected chi connectivity index (χ0v) is 14.4. The normalized spacial score (nSPS) is 11.0. The van der Waals surface area contributed by atoms with Gasteiger partial charge in [-0.25, -0.2) is 4.39 Å². The Balaban J connectivity index is 1.84. The van der Waals surface area contributed by atoms with Gasteiger partial charge in [-0.1, -0.05) is 24.3 Å². The summed E-state index contributed by atoms with van der Waals surface area (Å²) in [6.45, 7) is 0. The van der Waals surface area contributed by atoms with Crippen molar-refractivity contribution in [3.8, 4) is 17.2 Å². The molecule has 3 rings (SSSR count). The average Bonchev–Trinajstić information content (AvgIpc) is 2.63. The zero-order valence-electron chi connectivity index (χ0n) is 13.6. The summed E-state index contributed by atoms with van der Waals surface area (Å²) in [6.07, 6.45) is 0. The molecule has 0 bridgehead atoms. The SMILES string of the molecule is O=[N+]([O-])c1cccc(F)c1S(=O)(=O)Oc1ccc(Oc2ccccc2)cc1. The lowest BCUT2D eigenvalue weighted by atomic mass is 10.3. The fourth-order valence-electron chi connectivity index (χ4n) is 2.24. The van der Waals surface area contributed by atoms with E-state index in [-0.39, 0.29) is 5.75 Å². The Bertz CT molecular complexity index is 1070. The van der Waals surface area contributed by atoms with E-state index in [9.17, 15) is 22.9 Å². The highest BCUT2D eigenvalue weighted by atomic mass is 32.2. The first kappa shape index (κ1) is 18.3. The van der Waals surface area contributed by atoms with E-state index in [1.165, 1.54) is 24.3 Å². The molecule has 138 valence electrons. The number of rotatable bonds is 6. The number of hydrogen-bond acceptors (Lipinski definition) is 6. The van der Waals surface area contributed by atoms with Crippen LogP contribution in [0.1, 0.15) is 0 Å². The van der Waals surface area contributed by atoms with Crippen LogP contribution < -0.4 is 8.92 Å². The molecule has 0 amide bonds. The summed E-state index contributed by atoms with van der Waals surface area (Å²) >= 11 is 0. The Morgan fingerprint density at radius 1 is 0.815 bits per heavy atom. The lowest BCUT2D eigenvalue weighted by Crippen LogP contribution is -2.14. The predicted octanol–water partition coefficient (Wildman–Crippen LogP) is 4.29. The van der Waals surface area contributed by atoms with Gasteiger partial charge in [0.05, 0.1) is 4.92 Å². The molecule has 9 heteroatoms. The van der Waals surface area contributed by atoms with Crippen LogP contribution in [-0.4, -0.2) is 13.3 Å². The highest BCUT2D eigenvalue weighted by molar-refractivity contribution is 7.87. The number of nitrogens with zero attached hydrogens (tertiary/aromatic N) is 1. The van der Waals surface area contributed by atoms with Crippen LogP contribution in [0, 0.1) is 15.9 Å². The second kappa shape index (κ2) is 7.42. The summed E-state index contributed by atoms with van der Waals surface area (Å²) in [6, 6.07) is 17.1. The lowest BCUT2D eigenvalue weighted by molar-refractivity contribution is -0.388. The third-order valence-corrected chi connectivity index (χ3v) is 4.72. The van der Waals surface area contributed by atoms with Gasteiger partial charge in [-0.15, -0.1) is 0 Å². The van der Waals surface area contributed by atoms with Crippen molar-refractivity contribution >= 4 is 15.8 Å². The molecule has 27 heavy (non-hydrogen) atoms. The smallest absolute Gasteiger partial charge is 0.349 e. The van der Waals surface area contributed by atoms with E-state index in [1.54, 1.807) is 24.3 Å². The van der Waals surface area contributed by atoms with Gasteiger partial charge in [-0.3, -0.25) is 10.1 Å². The lowest BCUT2D eigenvalue weighted by Gasteiger charge is -2.09. The molecule has 0 spiro atoms. The summed E-state index contributed by atoms with van der Waals surface area (Å²) < 4.78 is 49.0. The van der Waals surface area contributed by atoms with Crippen LogP contribution in [0.15, 0.2) is 77.7 Å². The molecule has 7 nitrogen and oxygen atoms in total. The zero-order chi connectivity index (χ0) is 19.4. The molecule has 0 saturated heterocycles. The van der Waals surface area contributed by atoms with E-state index in [0.717, 1.165) is 18.2 Å². The number of nitro benzene ring substituents is 1. The van der Waals surface area contributed by atoms with E-state index >= 15 is 0 Å². The van der Waals surface area contributed by atoms with E-state index in [2.05, 4.69) is 0 Å². The molecule has 0 aliphatic carbocycles. The number of benzene rings is 3. The first-order valence-electron chi connectivity index (χ1n) is 7.57. The van der Waals surface area contributed by atoms with Crippen molar-refractivity contribution in [1.82, 2.24) is 0 Å². The van der Waals surface area contributed by atoms with E-state index < -0.39 is 31.4 Å². The van der Waals surface area contributed by atoms with Crippen molar-refractivity contribution in [1.29, 1.82) is 0 Å². The van der Waals surface area contributed by atoms with Crippen LogP contribution in [0.3, 0.4) is 0 Å². The van der Waals surface area contributed by atoms with Crippen molar-refractivity contribution in [2.75, 3.05) is 0 Å².